The molecule has 1 aromatic rings. The lowest BCUT2D eigenvalue weighted by Gasteiger charge is -2.42. The van der Waals surface area contributed by atoms with Crippen LogP contribution in [0.3, 0.4) is 0 Å². The number of nitrogens with two attached hydrogens (primary N) is 1. The molecule has 4 nitrogen and oxygen atoms in total. The van der Waals surface area contributed by atoms with Gasteiger partial charge in [-0.05, 0) is 24.0 Å². The highest BCUT2D eigenvalue weighted by Crippen LogP contribution is 2.28. The van der Waals surface area contributed by atoms with Crippen LogP contribution in [-0.4, -0.2) is 35.7 Å². The lowest BCUT2D eigenvalue weighted by atomic mass is 9.79. The zero-order chi connectivity index (χ0) is 17.2. The van der Waals surface area contributed by atoms with Gasteiger partial charge in [-0.15, -0.1) is 0 Å². The van der Waals surface area contributed by atoms with Crippen molar-refractivity contribution in [3.8, 4) is 0 Å². The van der Waals surface area contributed by atoms with Crippen molar-refractivity contribution in [3.63, 3.8) is 0 Å². The maximum absolute atomic E-state index is 13.6. The molecule has 2 rings (SSSR count). The number of benzene rings is 1. The van der Waals surface area contributed by atoms with E-state index in [1.54, 1.807) is 4.90 Å². The molecular formula is C17H22F2N2O2. The number of carbonyl (C=O) groups is 2. The normalized spacial score (nSPS) is 20.4. The lowest BCUT2D eigenvalue weighted by Crippen LogP contribution is -2.54. The highest BCUT2D eigenvalue weighted by Gasteiger charge is 2.35. The Labute approximate surface area is 134 Å². The molecule has 1 aliphatic rings. The zero-order valence-electron chi connectivity index (χ0n) is 13.4. The molecular weight excluding hydrogens is 302 g/mol. The molecule has 1 fully saturated rings. The average Bonchev–Trinajstić information content (AvgIpc) is 2.47. The average molecular weight is 324 g/mol. The monoisotopic (exact) mass is 324 g/mol. The number of hydrogen-bond donors (Lipinski definition) is 1. The van der Waals surface area contributed by atoms with Gasteiger partial charge in [-0.25, -0.2) is 8.78 Å². The Morgan fingerprint density at radius 2 is 2.00 bits per heavy atom. The number of ketones is 1. The fraction of sp³-hybridized carbons (Fsp3) is 0.529. The SMILES string of the molecule is CC1(C)CN(C(=O)CCC(=O)c2ccc(F)cc2F)CCC1N. The summed E-state index contributed by atoms with van der Waals surface area (Å²) in [7, 11) is 0. The molecule has 1 aliphatic heterocycles. The third kappa shape index (κ3) is 4.13. The third-order valence-electron chi connectivity index (χ3n) is 4.46. The van der Waals surface area contributed by atoms with Crippen LogP contribution in [0.15, 0.2) is 18.2 Å². The predicted octanol–water partition coefficient (Wildman–Crippen LogP) is 2.51. The second-order valence-electron chi connectivity index (χ2n) is 6.75. The van der Waals surface area contributed by atoms with Crippen molar-refractivity contribution in [2.45, 2.75) is 39.2 Å². The van der Waals surface area contributed by atoms with Gasteiger partial charge in [0.1, 0.15) is 11.6 Å². The summed E-state index contributed by atoms with van der Waals surface area (Å²) in [4.78, 5) is 25.9. The van der Waals surface area contributed by atoms with Crippen molar-refractivity contribution in [1.29, 1.82) is 0 Å². The van der Waals surface area contributed by atoms with E-state index in [0.29, 0.717) is 19.2 Å². The summed E-state index contributed by atoms with van der Waals surface area (Å²) < 4.78 is 26.4. The second-order valence-corrected chi connectivity index (χ2v) is 6.75. The number of nitrogens with zero attached hydrogens (tertiary/aromatic N) is 1. The first-order valence-corrected chi connectivity index (χ1v) is 7.72. The van der Waals surface area contributed by atoms with Gasteiger partial charge < -0.3 is 10.6 Å². The highest BCUT2D eigenvalue weighted by atomic mass is 19.1. The molecule has 1 atom stereocenters. The summed E-state index contributed by atoms with van der Waals surface area (Å²) >= 11 is 0. The molecule has 1 amide bonds. The summed E-state index contributed by atoms with van der Waals surface area (Å²) in [5.74, 6) is -2.26. The van der Waals surface area contributed by atoms with Crippen LogP contribution in [0, 0.1) is 17.0 Å². The Balaban J connectivity index is 1.93. The first-order chi connectivity index (χ1) is 10.7. The van der Waals surface area contributed by atoms with Crippen molar-refractivity contribution in [3.05, 3.63) is 35.4 Å². The summed E-state index contributed by atoms with van der Waals surface area (Å²) in [5.41, 5.74) is 5.69. The van der Waals surface area contributed by atoms with Gasteiger partial charge in [0.2, 0.25) is 5.91 Å². The first-order valence-electron chi connectivity index (χ1n) is 7.72. The summed E-state index contributed by atoms with van der Waals surface area (Å²) in [6, 6.07) is 2.86. The van der Waals surface area contributed by atoms with E-state index in [1.165, 1.54) is 0 Å². The maximum atomic E-state index is 13.6. The topological polar surface area (TPSA) is 63.4 Å². The van der Waals surface area contributed by atoms with Crippen LogP contribution in [0.1, 0.15) is 43.5 Å². The van der Waals surface area contributed by atoms with E-state index in [9.17, 15) is 18.4 Å². The van der Waals surface area contributed by atoms with Gasteiger partial charge in [-0.3, -0.25) is 9.59 Å². The molecule has 1 aromatic carbocycles. The summed E-state index contributed by atoms with van der Waals surface area (Å²) in [6.45, 7) is 5.14. The van der Waals surface area contributed by atoms with Crippen LogP contribution in [0.5, 0.6) is 0 Å². The van der Waals surface area contributed by atoms with Gasteiger partial charge in [0.05, 0.1) is 5.56 Å². The molecule has 1 unspecified atom stereocenters. The van der Waals surface area contributed by atoms with Gasteiger partial charge in [-0.2, -0.15) is 0 Å². The number of rotatable bonds is 4. The summed E-state index contributed by atoms with van der Waals surface area (Å²) in [6.07, 6.45) is 0.643. The van der Waals surface area contributed by atoms with E-state index in [2.05, 4.69) is 0 Å². The molecule has 0 saturated carbocycles. The van der Waals surface area contributed by atoms with E-state index < -0.39 is 17.4 Å². The number of hydrogen-bond acceptors (Lipinski definition) is 3. The van der Waals surface area contributed by atoms with Gasteiger partial charge in [0, 0.05) is 38.0 Å². The van der Waals surface area contributed by atoms with Crippen LogP contribution in [0.4, 0.5) is 8.78 Å². The smallest absolute Gasteiger partial charge is 0.223 e. The minimum atomic E-state index is -0.896. The Morgan fingerprint density at radius 3 is 2.61 bits per heavy atom. The zero-order valence-corrected chi connectivity index (χ0v) is 13.4. The molecule has 0 radical (unpaired) electrons. The quantitative estimate of drug-likeness (QED) is 0.866. The van der Waals surface area contributed by atoms with Crippen molar-refractivity contribution in [2.24, 2.45) is 11.1 Å². The maximum Gasteiger partial charge on any atom is 0.223 e. The highest BCUT2D eigenvalue weighted by molar-refractivity contribution is 5.98. The minimum absolute atomic E-state index is 0.0148. The molecule has 2 N–H and O–H groups in total. The van der Waals surface area contributed by atoms with Crippen LogP contribution < -0.4 is 5.73 Å². The van der Waals surface area contributed by atoms with Gasteiger partial charge in [0.15, 0.2) is 5.78 Å². The molecule has 23 heavy (non-hydrogen) atoms. The molecule has 1 heterocycles. The summed E-state index contributed by atoms with van der Waals surface area (Å²) in [5, 5.41) is 0. The van der Waals surface area contributed by atoms with E-state index in [4.69, 9.17) is 5.73 Å². The van der Waals surface area contributed by atoms with Crippen LogP contribution in [0.2, 0.25) is 0 Å². The molecule has 0 spiro atoms. The van der Waals surface area contributed by atoms with Crippen LogP contribution in [0.25, 0.3) is 0 Å². The molecule has 0 aliphatic carbocycles. The number of Topliss-reactive ketones (excluding diaryl/α,β-unsaturated/α-hetero) is 1. The Hall–Kier alpha value is -1.82. The lowest BCUT2D eigenvalue weighted by molar-refractivity contribution is -0.134. The van der Waals surface area contributed by atoms with E-state index in [1.807, 2.05) is 13.8 Å². The Kier molecular flexibility index (Phi) is 5.14. The van der Waals surface area contributed by atoms with E-state index >= 15 is 0 Å². The van der Waals surface area contributed by atoms with Crippen LogP contribution >= 0.6 is 0 Å². The van der Waals surface area contributed by atoms with Gasteiger partial charge in [-0.1, -0.05) is 13.8 Å². The molecule has 0 bridgehead atoms. The predicted molar refractivity (Wildman–Crippen MR) is 82.9 cm³/mol. The first kappa shape index (κ1) is 17.5. The standard InChI is InChI=1S/C17H22F2N2O2/c1-17(2)10-21(8-7-15(17)20)16(23)6-5-14(22)12-4-3-11(18)9-13(12)19/h3-4,9,15H,5-8,10,20H2,1-2H3. The van der Waals surface area contributed by atoms with Crippen molar-refractivity contribution in [2.75, 3.05) is 13.1 Å². The molecule has 126 valence electrons. The molecule has 6 heteroatoms. The number of amides is 1. The number of carbonyl (C=O) groups excluding carboxylic acids is 2. The van der Waals surface area contributed by atoms with Gasteiger partial charge in [0.25, 0.3) is 0 Å². The second kappa shape index (κ2) is 6.74. The fourth-order valence-corrected chi connectivity index (χ4v) is 2.82. The Morgan fingerprint density at radius 1 is 1.30 bits per heavy atom. The van der Waals surface area contributed by atoms with Gasteiger partial charge >= 0.3 is 0 Å². The fourth-order valence-electron chi connectivity index (χ4n) is 2.82. The van der Waals surface area contributed by atoms with Crippen molar-refractivity contribution >= 4 is 11.7 Å². The third-order valence-corrected chi connectivity index (χ3v) is 4.46. The molecule has 1 saturated heterocycles. The largest absolute Gasteiger partial charge is 0.342 e. The van der Waals surface area contributed by atoms with Crippen molar-refractivity contribution < 1.29 is 18.4 Å². The number of halogens is 2. The Bertz CT molecular complexity index is 617. The van der Waals surface area contributed by atoms with Crippen LogP contribution in [-0.2, 0) is 4.79 Å². The number of piperidine rings is 1. The minimum Gasteiger partial charge on any atom is -0.342 e. The van der Waals surface area contributed by atoms with E-state index in [-0.39, 0.29) is 35.8 Å². The molecule has 0 aromatic heterocycles. The van der Waals surface area contributed by atoms with E-state index in [0.717, 1.165) is 18.6 Å². The number of likely N-dealkylation sites (tertiary alicyclic amines) is 1. The van der Waals surface area contributed by atoms with Crippen molar-refractivity contribution in [1.82, 2.24) is 4.90 Å².